The zero-order valence-corrected chi connectivity index (χ0v) is 42.8. The number of carbonyl (C=O) groups excluding carboxylic acids is 2. The lowest BCUT2D eigenvalue weighted by Gasteiger charge is -2.22. The Kier molecular flexibility index (Phi) is 47.9. The van der Waals surface area contributed by atoms with Crippen LogP contribution in [0.15, 0.2) is 10.8 Å². The van der Waals surface area contributed by atoms with E-state index in [1.54, 1.807) is 18.2 Å². The second-order valence-corrected chi connectivity index (χ2v) is 19.0. The topological polar surface area (TPSA) is 93.9 Å². The Labute approximate surface area is 389 Å². The molecule has 1 unspecified atom stereocenters. The van der Waals surface area contributed by atoms with Crippen molar-refractivity contribution in [1.29, 1.82) is 0 Å². The number of carbonyl (C=O) groups is 2. The van der Waals surface area contributed by atoms with Crippen molar-refractivity contribution in [2.24, 2.45) is 0 Å². The summed E-state index contributed by atoms with van der Waals surface area (Å²) in [6, 6.07) is 0. The number of hydrogen-bond donors (Lipinski definition) is 1. The highest BCUT2D eigenvalue weighted by atomic mass is 32.2. The summed E-state index contributed by atoms with van der Waals surface area (Å²) in [7, 11) is 1.89. The highest BCUT2D eigenvalue weighted by molar-refractivity contribution is 7.96. The van der Waals surface area contributed by atoms with Crippen molar-refractivity contribution >= 4 is 24.2 Å². The van der Waals surface area contributed by atoms with Gasteiger partial charge in [-0.3, -0.25) is 9.52 Å². The van der Waals surface area contributed by atoms with Crippen molar-refractivity contribution in [2.75, 3.05) is 33.3 Å². The van der Waals surface area contributed by atoms with Crippen LogP contribution in [0.2, 0.25) is 0 Å². The molecule has 0 amide bonds. The quantitative estimate of drug-likeness (QED) is 0.0297. The van der Waals surface area contributed by atoms with E-state index in [1.165, 1.54) is 167 Å². The fourth-order valence-electron chi connectivity index (χ4n) is 8.01. The van der Waals surface area contributed by atoms with E-state index in [9.17, 15) is 9.59 Å². The maximum atomic E-state index is 12.3. The van der Waals surface area contributed by atoms with E-state index in [2.05, 4.69) is 42.5 Å². The van der Waals surface area contributed by atoms with Crippen LogP contribution in [-0.2, 0) is 24.8 Å². The molecule has 1 atom stereocenters. The normalized spacial score (nSPS) is 11.9. The summed E-state index contributed by atoms with van der Waals surface area (Å²) in [5.74, 6) is 0.824. The molecule has 8 nitrogen and oxygen atoms in total. The number of unbranched alkanes of at least 4 members (excludes halogenated alkanes) is 24. The zero-order chi connectivity index (χ0) is 45.4. The van der Waals surface area contributed by atoms with Gasteiger partial charge < -0.3 is 23.7 Å². The van der Waals surface area contributed by atoms with Crippen molar-refractivity contribution in [3.63, 3.8) is 0 Å². The Hall–Kier alpha value is -1.42. The first-order chi connectivity index (χ1) is 30.4. The third kappa shape index (κ3) is 41.3. The molecule has 1 rings (SSSR count). The second-order valence-electron chi connectivity index (χ2n) is 18.1. The summed E-state index contributed by atoms with van der Waals surface area (Å²) in [4.78, 5) is 25.5. The molecule has 9 heteroatoms. The van der Waals surface area contributed by atoms with Crippen LogP contribution in [0.25, 0.3) is 0 Å². The smallest absolute Gasteiger partial charge is 0.306 e. The van der Waals surface area contributed by atoms with Crippen LogP contribution in [0, 0.1) is 6.92 Å². The first kappa shape index (κ1) is 60.6. The lowest BCUT2D eigenvalue weighted by molar-refractivity contribution is -0.149. The minimum Gasteiger partial charge on any atom is -0.462 e. The molecule has 0 saturated carbocycles. The molecular formula is C53H103N3O5S. The molecule has 1 heterocycles. The molecule has 0 spiro atoms. The van der Waals surface area contributed by atoms with Crippen molar-refractivity contribution in [1.82, 2.24) is 14.8 Å². The average Bonchev–Trinajstić information content (AvgIpc) is 3.70. The molecule has 1 N–H and O–H groups in total. The van der Waals surface area contributed by atoms with Gasteiger partial charge in [-0.25, -0.2) is 0 Å². The van der Waals surface area contributed by atoms with Crippen LogP contribution >= 0.6 is 11.9 Å². The van der Waals surface area contributed by atoms with Crippen LogP contribution in [0.5, 0.6) is 0 Å². The van der Waals surface area contributed by atoms with E-state index in [0.717, 1.165) is 94.4 Å². The SMILES string of the molecule is CCCCCCCCC(CC)OC(=O)CCCCCCCN(CCCCCCCC=O)CCCNSCc1nocc1C.CCCCCCCCC(CCCCCCCC)OC. The van der Waals surface area contributed by atoms with Crippen LogP contribution in [-0.4, -0.2) is 67.8 Å². The minimum absolute atomic E-state index is 0.00176. The van der Waals surface area contributed by atoms with Gasteiger partial charge in [0, 0.05) is 32.1 Å². The van der Waals surface area contributed by atoms with Crippen LogP contribution in [0.3, 0.4) is 0 Å². The van der Waals surface area contributed by atoms with Gasteiger partial charge in [0.15, 0.2) is 0 Å². The van der Waals surface area contributed by atoms with E-state index in [-0.39, 0.29) is 12.1 Å². The fraction of sp³-hybridized carbons (Fsp3) is 0.906. The summed E-state index contributed by atoms with van der Waals surface area (Å²) in [6.45, 7) is 15.4. The number of methoxy groups -OCH3 is 1. The van der Waals surface area contributed by atoms with Crippen molar-refractivity contribution in [3.8, 4) is 0 Å². The molecule has 0 aliphatic heterocycles. The van der Waals surface area contributed by atoms with Gasteiger partial charge in [-0.15, -0.1) is 0 Å². The predicted molar refractivity (Wildman–Crippen MR) is 268 cm³/mol. The molecule has 1 aromatic heterocycles. The number of esters is 1. The summed E-state index contributed by atoms with van der Waals surface area (Å²) in [5.41, 5.74) is 2.12. The third-order valence-corrected chi connectivity index (χ3v) is 13.1. The van der Waals surface area contributed by atoms with Gasteiger partial charge in [0.1, 0.15) is 18.7 Å². The molecular weight excluding hydrogens is 791 g/mol. The Balaban J connectivity index is 0.00000164. The molecule has 0 radical (unpaired) electrons. The summed E-state index contributed by atoms with van der Waals surface area (Å²) in [6.07, 6.45) is 46.2. The lowest BCUT2D eigenvalue weighted by Crippen LogP contribution is -2.29. The zero-order valence-electron chi connectivity index (χ0n) is 41.9. The third-order valence-electron chi connectivity index (χ3n) is 12.3. The van der Waals surface area contributed by atoms with Crippen LogP contribution < -0.4 is 4.72 Å². The van der Waals surface area contributed by atoms with Crippen LogP contribution in [0.4, 0.5) is 0 Å². The monoisotopic (exact) mass is 894 g/mol. The Morgan fingerprint density at radius 1 is 0.661 bits per heavy atom. The Morgan fingerprint density at radius 2 is 1.13 bits per heavy atom. The van der Waals surface area contributed by atoms with Gasteiger partial charge in [0.05, 0.1) is 17.6 Å². The van der Waals surface area contributed by atoms with Crippen molar-refractivity contribution in [2.45, 2.75) is 277 Å². The maximum Gasteiger partial charge on any atom is 0.306 e. The summed E-state index contributed by atoms with van der Waals surface area (Å²) < 4.78 is 19.9. The standard InChI is InChI=1S/C35H65N3O4S.C18H38O/c1-4-6-7-8-12-17-23-33(5-2)42-35(40)24-18-13-11-15-20-27-38(26-19-14-9-10-16-21-29-39)28-22-25-36-43-31-34-32(3)30-41-37-34;1-4-6-8-10-12-14-16-18(19-3)17-15-13-11-9-7-5-2/h29-30,33,36H,4-28,31H2,1-3H3;18H,4-17H2,1-3H3. The Morgan fingerprint density at radius 3 is 1.61 bits per heavy atom. The molecule has 366 valence electrons. The Bertz CT molecular complexity index is 1040. The van der Waals surface area contributed by atoms with E-state index in [4.69, 9.17) is 14.0 Å². The van der Waals surface area contributed by atoms with Gasteiger partial charge in [-0.2, -0.15) is 0 Å². The van der Waals surface area contributed by atoms with E-state index in [0.29, 0.717) is 18.9 Å². The second kappa shape index (κ2) is 49.0. The van der Waals surface area contributed by atoms with Gasteiger partial charge in [0.25, 0.3) is 0 Å². The summed E-state index contributed by atoms with van der Waals surface area (Å²) >= 11 is 1.70. The fourth-order valence-corrected chi connectivity index (χ4v) is 8.82. The largest absolute Gasteiger partial charge is 0.462 e. The molecule has 0 saturated heterocycles. The van der Waals surface area contributed by atoms with E-state index >= 15 is 0 Å². The average molecular weight is 894 g/mol. The number of nitrogens with zero attached hydrogens (tertiary/aromatic N) is 2. The molecule has 0 aliphatic rings. The van der Waals surface area contributed by atoms with Gasteiger partial charge in [-0.1, -0.05) is 192 Å². The number of nitrogens with one attached hydrogen (secondary N) is 1. The predicted octanol–water partition coefficient (Wildman–Crippen LogP) is 15.9. The lowest BCUT2D eigenvalue weighted by atomic mass is 10.0. The highest BCUT2D eigenvalue weighted by Crippen LogP contribution is 2.18. The molecule has 0 aromatic carbocycles. The number of hydrogen-bond acceptors (Lipinski definition) is 9. The van der Waals surface area contributed by atoms with Gasteiger partial charge in [-0.05, 0) is 90.8 Å². The van der Waals surface area contributed by atoms with E-state index < -0.39 is 0 Å². The highest BCUT2D eigenvalue weighted by Gasteiger charge is 2.13. The first-order valence-electron chi connectivity index (χ1n) is 26.6. The molecule has 1 aromatic rings. The molecule has 0 aliphatic carbocycles. The number of aryl methyl sites for hydroxylation is 1. The van der Waals surface area contributed by atoms with Crippen molar-refractivity contribution < 1.29 is 23.6 Å². The number of aromatic nitrogens is 1. The van der Waals surface area contributed by atoms with Gasteiger partial charge in [0.2, 0.25) is 0 Å². The van der Waals surface area contributed by atoms with Crippen LogP contribution in [0.1, 0.15) is 264 Å². The first-order valence-corrected chi connectivity index (χ1v) is 27.6. The molecule has 0 fully saturated rings. The van der Waals surface area contributed by atoms with E-state index in [1.807, 2.05) is 14.0 Å². The molecule has 62 heavy (non-hydrogen) atoms. The number of rotatable bonds is 47. The maximum absolute atomic E-state index is 12.3. The number of aldehydes is 1. The number of ether oxygens (including phenoxy) is 2. The van der Waals surface area contributed by atoms with Crippen molar-refractivity contribution in [3.05, 3.63) is 17.5 Å². The summed E-state index contributed by atoms with van der Waals surface area (Å²) in [5, 5.41) is 4.05. The van der Waals surface area contributed by atoms with Gasteiger partial charge >= 0.3 is 5.97 Å². The molecule has 0 bridgehead atoms. The minimum atomic E-state index is -0.00176.